The molecule has 0 aliphatic carbocycles. The average Bonchev–Trinajstić information content (AvgIpc) is 3.13. The van der Waals surface area contributed by atoms with Crippen LogP contribution in [0.1, 0.15) is 32.5 Å². The van der Waals surface area contributed by atoms with Crippen molar-refractivity contribution in [3.05, 3.63) is 5.82 Å². The zero-order chi connectivity index (χ0) is 16.9. The second kappa shape index (κ2) is 5.64. The molecule has 1 atom stereocenters. The van der Waals surface area contributed by atoms with Gasteiger partial charge < -0.3 is 19.3 Å². The standard InChI is InChI=1S/C16H24N4O3S/c1-11-17-14(24-18-11)20-9-16(10-20)8-19(7-15(2,3)23-16)13(21)12-5-4-6-22-12/h12H,4-10H2,1-3H3/t12-/m0/s1. The van der Waals surface area contributed by atoms with Crippen molar-refractivity contribution in [1.29, 1.82) is 0 Å². The van der Waals surface area contributed by atoms with Crippen molar-refractivity contribution in [2.45, 2.75) is 50.9 Å². The van der Waals surface area contributed by atoms with Crippen LogP contribution in [0.2, 0.25) is 0 Å². The molecule has 4 rings (SSSR count). The SMILES string of the molecule is Cc1nsc(N2CC3(CN(C(=O)[C@@H]4CCCO4)CC(C)(C)O3)C2)n1. The Hall–Kier alpha value is -1.25. The monoisotopic (exact) mass is 352 g/mol. The fraction of sp³-hybridized carbons (Fsp3) is 0.812. The summed E-state index contributed by atoms with van der Waals surface area (Å²) in [6.07, 6.45) is 1.54. The molecule has 132 valence electrons. The number of hydrogen-bond donors (Lipinski definition) is 0. The second-order valence-electron chi connectivity index (χ2n) is 7.72. The van der Waals surface area contributed by atoms with E-state index in [9.17, 15) is 4.79 Å². The lowest BCUT2D eigenvalue weighted by Crippen LogP contribution is -2.74. The summed E-state index contributed by atoms with van der Waals surface area (Å²) in [5.74, 6) is 0.921. The summed E-state index contributed by atoms with van der Waals surface area (Å²) >= 11 is 1.42. The molecule has 1 amide bonds. The van der Waals surface area contributed by atoms with Crippen molar-refractivity contribution in [2.24, 2.45) is 0 Å². The Labute approximate surface area is 146 Å². The van der Waals surface area contributed by atoms with Crippen LogP contribution in [0, 0.1) is 6.92 Å². The Kier molecular flexibility index (Phi) is 3.81. The van der Waals surface area contributed by atoms with Gasteiger partial charge in [0, 0.05) is 24.7 Å². The lowest BCUT2D eigenvalue weighted by atomic mass is 9.88. The molecule has 3 fully saturated rings. The lowest BCUT2D eigenvalue weighted by Gasteiger charge is -2.58. The number of rotatable bonds is 2. The van der Waals surface area contributed by atoms with Crippen LogP contribution in [0.3, 0.4) is 0 Å². The van der Waals surface area contributed by atoms with Gasteiger partial charge >= 0.3 is 0 Å². The second-order valence-corrected chi connectivity index (χ2v) is 8.45. The van der Waals surface area contributed by atoms with Gasteiger partial charge in [0.2, 0.25) is 5.13 Å². The number of aryl methyl sites for hydroxylation is 1. The van der Waals surface area contributed by atoms with Crippen molar-refractivity contribution >= 4 is 22.6 Å². The predicted octanol–water partition coefficient (Wildman–Crippen LogP) is 1.22. The highest BCUT2D eigenvalue weighted by Crippen LogP contribution is 2.39. The van der Waals surface area contributed by atoms with E-state index in [0.29, 0.717) is 19.7 Å². The zero-order valence-corrected chi connectivity index (χ0v) is 15.3. The van der Waals surface area contributed by atoms with Gasteiger partial charge in [0.25, 0.3) is 5.91 Å². The Morgan fingerprint density at radius 3 is 2.71 bits per heavy atom. The van der Waals surface area contributed by atoms with Gasteiger partial charge in [-0.05, 0) is 33.6 Å². The molecule has 8 heteroatoms. The topological polar surface area (TPSA) is 67.8 Å². The van der Waals surface area contributed by atoms with E-state index >= 15 is 0 Å². The molecule has 3 aliphatic rings. The maximum absolute atomic E-state index is 12.8. The average molecular weight is 352 g/mol. The molecule has 4 heterocycles. The Balaban J connectivity index is 1.47. The third-order valence-corrected chi connectivity index (χ3v) is 5.67. The van der Waals surface area contributed by atoms with E-state index in [4.69, 9.17) is 9.47 Å². The molecule has 0 bridgehead atoms. The fourth-order valence-electron chi connectivity index (χ4n) is 4.01. The highest BCUT2D eigenvalue weighted by Gasteiger charge is 2.54. The quantitative estimate of drug-likeness (QED) is 0.797. The molecule has 7 nitrogen and oxygen atoms in total. The minimum atomic E-state index is -0.352. The summed E-state index contributed by atoms with van der Waals surface area (Å²) in [4.78, 5) is 21.4. The highest BCUT2D eigenvalue weighted by atomic mass is 32.1. The molecule has 0 N–H and O–H groups in total. The molecule has 24 heavy (non-hydrogen) atoms. The number of ether oxygens (including phenoxy) is 2. The number of carbonyl (C=O) groups is 1. The predicted molar refractivity (Wildman–Crippen MR) is 90.3 cm³/mol. The largest absolute Gasteiger partial charge is 0.368 e. The van der Waals surface area contributed by atoms with E-state index in [-0.39, 0.29) is 23.2 Å². The first-order valence-corrected chi connectivity index (χ1v) is 9.29. The van der Waals surface area contributed by atoms with Gasteiger partial charge in [0.1, 0.15) is 17.5 Å². The van der Waals surface area contributed by atoms with Gasteiger partial charge in [-0.2, -0.15) is 4.37 Å². The van der Waals surface area contributed by atoms with Crippen LogP contribution < -0.4 is 4.90 Å². The van der Waals surface area contributed by atoms with Gasteiger partial charge in [-0.1, -0.05) is 0 Å². The molecular weight excluding hydrogens is 328 g/mol. The summed E-state index contributed by atoms with van der Waals surface area (Å²) < 4.78 is 16.2. The van der Waals surface area contributed by atoms with Crippen LogP contribution in [-0.2, 0) is 14.3 Å². The van der Waals surface area contributed by atoms with Crippen molar-refractivity contribution in [2.75, 3.05) is 37.7 Å². The number of hydrogen-bond acceptors (Lipinski definition) is 7. The Morgan fingerprint density at radius 1 is 1.29 bits per heavy atom. The molecule has 0 unspecified atom stereocenters. The number of anilines is 1. The molecule has 0 saturated carbocycles. The van der Waals surface area contributed by atoms with Gasteiger partial charge in [0.05, 0.1) is 25.2 Å². The van der Waals surface area contributed by atoms with Crippen molar-refractivity contribution in [3.63, 3.8) is 0 Å². The van der Waals surface area contributed by atoms with Crippen LogP contribution in [0.4, 0.5) is 5.13 Å². The Bertz CT molecular complexity index is 635. The van der Waals surface area contributed by atoms with E-state index in [1.165, 1.54) is 11.5 Å². The lowest BCUT2D eigenvalue weighted by molar-refractivity contribution is -0.211. The first kappa shape index (κ1) is 16.2. The third-order valence-electron chi connectivity index (χ3n) is 4.81. The normalized spacial score (nSPS) is 28.2. The van der Waals surface area contributed by atoms with Crippen molar-refractivity contribution < 1.29 is 14.3 Å². The zero-order valence-electron chi connectivity index (χ0n) is 14.4. The van der Waals surface area contributed by atoms with Gasteiger partial charge in [-0.15, -0.1) is 0 Å². The van der Waals surface area contributed by atoms with E-state index in [0.717, 1.165) is 36.9 Å². The fourth-order valence-corrected chi connectivity index (χ4v) is 4.68. The first-order valence-electron chi connectivity index (χ1n) is 8.52. The van der Waals surface area contributed by atoms with Crippen LogP contribution in [-0.4, -0.2) is 70.3 Å². The number of aromatic nitrogens is 2. The van der Waals surface area contributed by atoms with E-state index < -0.39 is 0 Å². The minimum Gasteiger partial charge on any atom is -0.368 e. The summed E-state index contributed by atoms with van der Waals surface area (Å²) in [6, 6.07) is 0. The molecule has 3 aliphatic heterocycles. The molecule has 0 radical (unpaired) electrons. The molecule has 3 saturated heterocycles. The molecule has 1 spiro atoms. The first-order chi connectivity index (χ1) is 11.4. The van der Waals surface area contributed by atoms with Gasteiger partial charge in [-0.3, -0.25) is 4.79 Å². The van der Waals surface area contributed by atoms with Gasteiger partial charge in [0.15, 0.2) is 0 Å². The number of nitrogens with zero attached hydrogens (tertiary/aromatic N) is 4. The van der Waals surface area contributed by atoms with Gasteiger partial charge in [-0.25, -0.2) is 4.98 Å². The van der Waals surface area contributed by atoms with Crippen LogP contribution >= 0.6 is 11.5 Å². The minimum absolute atomic E-state index is 0.119. The summed E-state index contributed by atoms with van der Waals surface area (Å²) in [7, 11) is 0. The Morgan fingerprint density at radius 2 is 2.08 bits per heavy atom. The number of carbonyl (C=O) groups excluding carboxylic acids is 1. The van der Waals surface area contributed by atoms with Crippen LogP contribution in [0.5, 0.6) is 0 Å². The third kappa shape index (κ3) is 2.91. The molecule has 1 aromatic rings. The highest BCUT2D eigenvalue weighted by molar-refractivity contribution is 7.09. The summed E-state index contributed by atoms with van der Waals surface area (Å²) in [5, 5.41) is 0.933. The maximum Gasteiger partial charge on any atom is 0.251 e. The molecular formula is C16H24N4O3S. The number of morpholine rings is 1. The summed E-state index contributed by atoms with van der Waals surface area (Å²) in [6.45, 7) is 9.45. The molecule has 1 aromatic heterocycles. The summed E-state index contributed by atoms with van der Waals surface area (Å²) in [5.41, 5.74) is -0.661. The van der Waals surface area contributed by atoms with E-state index in [1.807, 2.05) is 11.8 Å². The van der Waals surface area contributed by atoms with E-state index in [1.54, 1.807) is 0 Å². The smallest absolute Gasteiger partial charge is 0.251 e. The maximum atomic E-state index is 12.8. The number of amides is 1. The van der Waals surface area contributed by atoms with E-state index in [2.05, 4.69) is 28.1 Å². The van der Waals surface area contributed by atoms with Crippen LogP contribution in [0.15, 0.2) is 0 Å². The molecule has 0 aromatic carbocycles. The van der Waals surface area contributed by atoms with Crippen LogP contribution in [0.25, 0.3) is 0 Å². The van der Waals surface area contributed by atoms with Crippen molar-refractivity contribution in [3.8, 4) is 0 Å². The van der Waals surface area contributed by atoms with Crippen molar-refractivity contribution in [1.82, 2.24) is 14.3 Å².